The van der Waals surface area contributed by atoms with Crippen molar-refractivity contribution >= 4 is 0 Å². The van der Waals surface area contributed by atoms with E-state index < -0.39 is 11.5 Å². The van der Waals surface area contributed by atoms with Crippen LogP contribution in [-0.4, -0.2) is 39.6 Å². The Bertz CT molecular complexity index is 764. The number of aromatic nitrogens is 4. The minimum absolute atomic E-state index is 0.0913. The smallest absolute Gasteiger partial charge is 0.368 e. The molecule has 0 atom stereocenters. The molecule has 0 aliphatic carbocycles. The van der Waals surface area contributed by atoms with Crippen LogP contribution >= 0.6 is 0 Å². The molecule has 3 rings (SSSR count). The maximum atomic E-state index is 13.9. The molecule has 22 heavy (non-hydrogen) atoms. The first-order valence-electron chi connectivity index (χ1n) is 6.90. The summed E-state index contributed by atoms with van der Waals surface area (Å²) in [7, 11) is 1.50. The van der Waals surface area contributed by atoms with E-state index in [0.29, 0.717) is 31.1 Å². The van der Waals surface area contributed by atoms with E-state index in [9.17, 15) is 9.18 Å². The quantitative estimate of drug-likeness (QED) is 0.836. The van der Waals surface area contributed by atoms with Gasteiger partial charge in [0.05, 0.1) is 19.8 Å². The molecule has 7 nitrogen and oxygen atoms in total. The molecule has 1 aliphatic heterocycles. The second-order valence-electron chi connectivity index (χ2n) is 5.96. The number of rotatable bonds is 4. The van der Waals surface area contributed by atoms with Gasteiger partial charge in [-0.1, -0.05) is 6.92 Å². The third-order valence-electron chi connectivity index (χ3n) is 3.67. The Labute approximate surface area is 126 Å². The first-order valence-corrected chi connectivity index (χ1v) is 6.90. The average molecular weight is 308 g/mol. The van der Waals surface area contributed by atoms with E-state index in [2.05, 4.69) is 10.4 Å². The van der Waals surface area contributed by atoms with Gasteiger partial charge >= 0.3 is 5.69 Å². The van der Waals surface area contributed by atoms with Gasteiger partial charge in [-0.05, 0) is 29.0 Å². The Balaban J connectivity index is 1.99. The molecule has 1 aliphatic rings. The number of nitrogens with zero attached hydrogens (tertiary/aromatic N) is 4. The van der Waals surface area contributed by atoms with Crippen molar-refractivity contribution in [3.05, 3.63) is 34.0 Å². The maximum Gasteiger partial charge on any atom is 0.368 e. The van der Waals surface area contributed by atoms with Crippen molar-refractivity contribution in [2.75, 3.05) is 19.8 Å². The van der Waals surface area contributed by atoms with E-state index in [0.717, 1.165) is 9.36 Å². The first kappa shape index (κ1) is 14.7. The SMILES string of the molecule is Cc1cc(-n2nnn(C)c2=O)c(OCC2(C)COC2)cc1F. The zero-order chi connectivity index (χ0) is 15.9. The highest BCUT2D eigenvalue weighted by molar-refractivity contribution is 5.48. The molecule has 0 saturated carbocycles. The summed E-state index contributed by atoms with van der Waals surface area (Å²) in [5.74, 6) is -0.135. The van der Waals surface area contributed by atoms with Gasteiger partial charge in [-0.15, -0.1) is 0 Å². The van der Waals surface area contributed by atoms with E-state index in [-0.39, 0.29) is 11.2 Å². The van der Waals surface area contributed by atoms with E-state index in [1.165, 1.54) is 19.2 Å². The topological polar surface area (TPSA) is 71.2 Å². The average Bonchev–Trinajstić information content (AvgIpc) is 2.78. The molecule has 118 valence electrons. The highest BCUT2D eigenvalue weighted by Gasteiger charge is 2.34. The van der Waals surface area contributed by atoms with Crippen molar-refractivity contribution in [3.8, 4) is 11.4 Å². The number of benzene rings is 1. The number of aryl methyl sites for hydroxylation is 2. The van der Waals surface area contributed by atoms with Crippen LogP contribution in [0, 0.1) is 18.2 Å². The summed E-state index contributed by atoms with van der Waals surface area (Å²) in [6.07, 6.45) is 0. The molecule has 0 N–H and O–H groups in total. The molecule has 1 fully saturated rings. The Morgan fingerprint density at radius 1 is 1.41 bits per heavy atom. The molecule has 0 bridgehead atoms. The molecule has 0 unspecified atom stereocenters. The predicted molar refractivity (Wildman–Crippen MR) is 75.7 cm³/mol. The number of tetrazole rings is 1. The van der Waals surface area contributed by atoms with Gasteiger partial charge in [0.25, 0.3) is 0 Å². The van der Waals surface area contributed by atoms with Crippen molar-refractivity contribution in [1.29, 1.82) is 0 Å². The van der Waals surface area contributed by atoms with E-state index >= 15 is 0 Å². The standard InChI is InChI=1S/C14H17FN4O3/c1-9-4-11(19-13(20)18(3)16-17-19)12(5-10(9)15)22-8-14(2)6-21-7-14/h4-5H,6-8H2,1-3H3. The van der Waals surface area contributed by atoms with Crippen LogP contribution in [0.1, 0.15) is 12.5 Å². The zero-order valence-electron chi connectivity index (χ0n) is 12.7. The summed E-state index contributed by atoms with van der Waals surface area (Å²) in [6, 6.07) is 2.80. The fraction of sp³-hybridized carbons (Fsp3) is 0.500. The summed E-state index contributed by atoms with van der Waals surface area (Å²) in [5.41, 5.74) is 0.263. The number of hydrogen-bond acceptors (Lipinski definition) is 5. The highest BCUT2D eigenvalue weighted by Crippen LogP contribution is 2.30. The fourth-order valence-electron chi connectivity index (χ4n) is 2.18. The monoisotopic (exact) mass is 308 g/mol. The third-order valence-corrected chi connectivity index (χ3v) is 3.67. The molecule has 2 aromatic rings. The summed E-state index contributed by atoms with van der Waals surface area (Å²) >= 11 is 0. The first-order chi connectivity index (χ1) is 10.4. The van der Waals surface area contributed by atoms with Crippen molar-refractivity contribution in [1.82, 2.24) is 19.8 Å². The van der Waals surface area contributed by atoms with Crippen LogP contribution in [0.3, 0.4) is 0 Å². The largest absolute Gasteiger partial charge is 0.490 e. The zero-order valence-corrected chi connectivity index (χ0v) is 12.7. The van der Waals surface area contributed by atoms with Gasteiger partial charge in [0.1, 0.15) is 17.3 Å². The minimum Gasteiger partial charge on any atom is -0.490 e. The molecule has 2 heterocycles. The molecule has 8 heteroatoms. The van der Waals surface area contributed by atoms with Gasteiger partial charge in [0.2, 0.25) is 0 Å². The summed E-state index contributed by atoms with van der Waals surface area (Å²) < 4.78 is 27.0. The van der Waals surface area contributed by atoms with Crippen LogP contribution in [0.2, 0.25) is 0 Å². The molecule has 0 spiro atoms. The summed E-state index contributed by atoms with van der Waals surface area (Å²) in [4.78, 5) is 12.0. The van der Waals surface area contributed by atoms with Crippen LogP contribution in [0.5, 0.6) is 5.75 Å². The van der Waals surface area contributed by atoms with Gasteiger partial charge in [-0.25, -0.2) is 9.18 Å². The van der Waals surface area contributed by atoms with Crippen molar-refractivity contribution in [2.24, 2.45) is 12.5 Å². The number of hydrogen-bond donors (Lipinski definition) is 0. The van der Waals surface area contributed by atoms with Crippen molar-refractivity contribution < 1.29 is 13.9 Å². The molecular formula is C14H17FN4O3. The van der Waals surface area contributed by atoms with E-state index in [1.54, 1.807) is 6.92 Å². The Hall–Kier alpha value is -2.22. The Kier molecular flexibility index (Phi) is 3.48. The number of halogens is 1. The third kappa shape index (κ3) is 2.50. The lowest BCUT2D eigenvalue weighted by Gasteiger charge is -2.37. The predicted octanol–water partition coefficient (Wildman–Crippen LogP) is 0.829. The van der Waals surface area contributed by atoms with E-state index in [4.69, 9.17) is 9.47 Å². The van der Waals surface area contributed by atoms with Gasteiger partial charge in [-0.2, -0.15) is 9.36 Å². The molecule has 0 radical (unpaired) electrons. The fourth-order valence-corrected chi connectivity index (χ4v) is 2.18. The van der Waals surface area contributed by atoms with Crippen molar-refractivity contribution in [2.45, 2.75) is 13.8 Å². The minimum atomic E-state index is -0.422. The molecule has 1 aromatic heterocycles. The van der Waals surface area contributed by atoms with Gasteiger partial charge in [0, 0.05) is 18.5 Å². The van der Waals surface area contributed by atoms with Crippen LogP contribution in [0.15, 0.2) is 16.9 Å². The van der Waals surface area contributed by atoms with Gasteiger partial charge < -0.3 is 9.47 Å². The van der Waals surface area contributed by atoms with Gasteiger partial charge in [0.15, 0.2) is 0 Å². The Morgan fingerprint density at radius 3 is 2.68 bits per heavy atom. The van der Waals surface area contributed by atoms with Crippen molar-refractivity contribution in [3.63, 3.8) is 0 Å². The van der Waals surface area contributed by atoms with E-state index in [1.807, 2.05) is 6.92 Å². The molecular weight excluding hydrogens is 291 g/mol. The maximum absolute atomic E-state index is 13.9. The lowest BCUT2D eigenvalue weighted by Crippen LogP contribution is -2.44. The number of ether oxygens (including phenoxy) is 2. The summed E-state index contributed by atoms with van der Waals surface area (Å²) in [6.45, 7) is 5.21. The second kappa shape index (κ2) is 5.20. The molecule has 0 amide bonds. The normalized spacial score (nSPS) is 16.4. The molecule has 1 saturated heterocycles. The lowest BCUT2D eigenvalue weighted by molar-refractivity contribution is -0.120. The van der Waals surface area contributed by atoms with Gasteiger partial charge in [-0.3, -0.25) is 0 Å². The molecule has 1 aromatic carbocycles. The lowest BCUT2D eigenvalue weighted by atomic mass is 9.90. The van der Waals surface area contributed by atoms with Crippen LogP contribution in [-0.2, 0) is 11.8 Å². The summed E-state index contributed by atoms with van der Waals surface area (Å²) in [5, 5.41) is 7.46. The second-order valence-corrected chi connectivity index (χ2v) is 5.96. The highest BCUT2D eigenvalue weighted by atomic mass is 19.1. The van der Waals surface area contributed by atoms with Crippen LogP contribution < -0.4 is 10.4 Å². The van der Waals surface area contributed by atoms with Crippen LogP contribution in [0.4, 0.5) is 4.39 Å². The van der Waals surface area contributed by atoms with Crippen LogP contribution in [0.25, 0.3) is 5.69 Å². The Morgan fingerprint density at radius 2 is 2.14 bits per heavy atom.